The Balaban J connectivity index is 1.79. The maximum absolute atomic E-state index is 10.4. The Morgan fingerprint density at radius 3 is 3.00 bits per heavy atom. The van der Waals surface area contributed by atoms with Crippen molar-refractivity contribution < 1.29 is 5.11 Å². The number of benzene rings is 1. The van der Waals surface area contributed by atoms with E-state index in [1.807, 2.05) is 6.07 Å². The number of aliphatic hydroxyl groups excluding tert-OH is 1. The van der Waals surface area contributed by atoms with Gasteiger partial charge in [-0.2, -0.15) is 5.10 Å². The molecule has 2 aromatic rings. The van der Waals surface area contributed by atoms with Gasteiger partial charge in [-0.1, -0.05) is 17.7 Å². The summed E-state index contributed by atoms with van der Waals surface area (Å²) < 4.78 is 0. The molecule has 1 aromatic carbocycles. The number of aliphatic hydroxyl groups is 1. The monoisotopic (exact) mass is 279 g/mol. The zero-order chi connectivity index (χ0) is 13.5. The Kier molecular flexibility index (Phi) is 3.25. The third-order valence-corrected chi connectivity index (χ3v) is 4.45. The first-order valence-electron chi connectivity index (χ1n) is 6.64. The summed E-state index contributed by atoms with van der Waals surface area (Å²) in [6.07, 6.45) is 4.80. The van der Waals surface area contributed by atoms with Gasteiger partial charge in [0.25, 0.3) is 0 Å². The zero-order valence-corrected chi connectivity index (χ0v) is 11.7. The van der Waals surface area contributed by atoms with E-state index in [2.05, 4.69) is 22.4 Å². The largest absolute Gasteiger partial charge is 0.387 e. The minimum atomic E-state index is -0.546. The first-order valence-corrected chi connectivity index (χ1v) is 7.01. The fourth-order valence-electron chi connectivity index (χ4n) is 2.65. The average molecular weight is 280 g/mol. The number of rotatable bonds is 4. The van der Waals surface area contributed by atoms with Crippen LogP contribution in [0.25, 0.3) is 10.9 Å². The summed E-state index contributed by atoms with van der Waals surface area (Å²) in [5.41, 5.74) is 1.85. The number of aromatic amines is 1. The van der Waals surface area contributed by atoms with Crippen LogP contribution in [0.2, 0.25) is 5.02 Å². The molecule has 0 amide bonds. The Hall–Kier alpha value is -1.10. The van der Waals surface area contributed by atoms with Crippen molar-refractivity contribution in [1.82, 2.24) is 15.5 Å². The summed E-state index contributed by atoms with van der Waals surface area (Å²) in [7, 11) is 0. The summed E-state index contributed by atoms with van der Waals surface area (Å²) in [6, 6.07) is 3.67. The van der Waals surface area contributed by atoms with Crippen molar-refractivity contribution in [2.45, 2.75) is 37.8 Å². The van der Waals surface area contributed by atoms with Crippen molar-refractivity contribution in [3.63, 3.8) is 0 Å². The zero-order valence-electron chi connectivity index (χ0n) is 10.9. The predicted molar refractivity (Wildman–Crippen MR) is 76.3 cm³/mol. The molecule has 0 spiro atoms. The smallest absolute Gasteiger partial charge is 0.0921 e. The summed E-state index contributed by atoms with van der Waals surface area (Å²) >= 11 is 6.09. The van der Waals surface area contributed by atoms with Gasteiger partial charge in [-0.05, 0) is 37.8 Å². The second kappa shape index (κ2) is 4.78. The van der Waals surface area contributed by atoms with Gasteiger partial charge in [0.05, 0.1) is 22.8 Å². The van der Waals surface area contributed by atoms with E-state index >= 15 is 0 Å². The number of fused-ring (bicyclic) bond motifs is 1. The molecule has 1 atom stereocenters. The van der Waals surface area contributed by atoms with Gasteiger partial charge in [0.1, 0.15) is 0 Å². The van der Waals surface area contributed by atoms with Crippen molar-refractivity contribution in [3.05, 3.63) is 28.9 Å². The summed E-state index contributed by atoms with van der Waals surface area (Å²) in [4.78, 5) is 0. The Morgan fingerprint density at radius 2 is 2.32 bits per heavy atom. The second-order valence-electron chi connectivity index (χ2n) is 5.61. The molecule has 1 aliphatic rings. The highest BCUT2D eigenvalue weighted by Crippen LogP contribution is 2.32. The lowest BCUT2D eigenvalue weighted by Gasteiger charge is -2.40. The van der Waals surface area contributed by atoms with Gasteiger partial charge in [-0.3, -0.25) is 5.10 Å². The van der Waals surface area contributed by atoms with Gasteiger partial charge in [-0.15, -0.1) is 0 Å². The lowest BCUT2D eigenvalue weighted by Crippen LogP contribution is -2.49. The molecular formula is C14H18ClN3O. The molecule has 1 fully saturated rings. The van der Waals surface area contributed by atoms with Crippen molar-refractivity contribution in [2.75, 3.05) is 6.54 Å². The van der Waals surface area contributed by atoms with Crippen LogP contribution in [0.3, 0.4) is 0 Å². The SMILES string of the molecule is CC1(NC[C@H](O)c2ccc(Cl)c3[nH]ncc23)CCC1. The van der Waals surface area contributed by atoms with Gasteiger partial charge < -0.3 is 10.4 Å². The Morgan fingerprint density at radius 1 is 1.53 bits per heavy atom. The fraction of sp³-hybridized carbons (Fsp3) is 0.500. The van der Waals surface area contributed by atoms with E-state index < -0.39 is 6.10 Å². The number of hydrogen-bond donors (Lipinski definition) is 3. The number of nitrogens with one attached hydrogen (secondary N) is 2. The summed E-state index contributed by atoms with van der Waals surface area (Å²) in [5, 5.41) is 22.2. The molecule has 1 aromatic heterocycles. The number of halogens is 1. The van der Waals surface area contributed by atoms with E-state index in [0.717, 1.165) is 16.5 Å². The van der Waals surface area contributed by atoms with Crippen LogP contribution in [0.5, 0.6) is 0 Å². The van der Waals surface area contributed by atoms with E-state index in [1.54, 1.807) is 12.3 Å². The molecule has 0 saturated heterocycles. The van der Waals surface area contributed by atoms with Crippen molar-refractivity contribution in [3.8, 4) is 0 Å². The first-order chi connectivity index (χ1) is 9.09. The molecule has 1 saturated carbocycles. The number of hydrogen-bond acceptors (Lipinski definition) is 3. The third kappa shape index (κ3) is 2.36. The average Bonchev–Trinajstić information content (AvgIpc) is 2.84. The number of H-pyrrole nitrogens is 1. The van der Waals surface area contributed by atoms with Crippen LogP contribution in [0.15, 0.2) is 18.3 Å². The van der Waals surface area contributed by atoms with Crippen LogP contribution in [0, 0.1) is 0 Å². The van der Waals surface area contributed by atoms with Crippen LogP contribution in [-0.2, 0) is 0 Å². The molecule has 0 unspecified atom stereocenters. The molecule has 102 valence electrons. The van der Waals surface area contributed by atoms with Gasteiger partial charge in [0.15, 0.2) is 0 Å². The van der Waals surface area contributed by atoms with E-state index in [0.29, 0.717) is 11.6 Å². The molecule has 1 heterocycles. The van der Waals surface area contributed by atoms with Gasteiger partial charge in [-0.25, -0.2) is 0 Å². The van der Waals surface area contributed by atoms with Crippen LogP contribution < -0.4 is 5.32 Å². The predicted octanol–water partition coefficient (Wildman–Crippen LogP) is 2.78. The maximum Gasteiger partial charge on any atom is 0.0921 e. The number of aromatic nitrogens is 2. The molecule has 3 N–H and O–H groups in total. The molecule has 1 aliphatic carbocycles. The molecule has 0 aliphatic heterocycles. The lowest BCUT2D eigenvalue weighted by atomic mass is 9.78. The van der Waals surface area contributed by atoms with Gasteiger partial charge in [0, 0.05) is 17.5 Å². The standard InChI is InChI=1S/C14H18ClN3O/c1-14(5-2-6-14)16-8-12(19)9-3-4-11(15)13-10(9)7-17-18-13/h3-4,7,12,16,19H,2,5-6,8H2,1H3,(H,17,18)/t12-/m0/s1. The van der Waals surface area contributed by atoms with Crippen LogP contribution in [0.4, 0.5) is 0 Å². The van der Waals surface area contributed by atoms with E-state index in [4.69, 9.17) is 11.6 Å². The molecule has 4 nitrogen and oxygen atoms in total. The summed E-state index contributed by atoms with van der Waals surface area (Å²) in [5.74, 6) is 0. The van der Waals surface area contributed by atoms with Crippen LogP contribution in [0.1, 0.15) is 37.9 Å². The van der Waals surface area contributed by atoms with E-state index in [1.165, 1.54) is 19.3 Å². The van der Waals surface area contributed by atoms with Gasteiger partial charge in [0.2, 0.25) is 0 Å². The quantitative estimate of drug-likeness (QED) is 0.806. The normalized spacial score (nSPS) is 19.3. The lowest BCUT2D eigenvalue weighted by molar-refractivity contribution is 0.133. The summed E-state index contributed by atoms with van der Waals surface area (Å²) in [6.45, 7) is 2.76. The highest BCUT2D eigenvalue weighted by molar-refractivity contribution is 6.35. The highest BCUT2D eigenvalue weighted by Gasteiger charge is 2.31. The minimum Gasteiger partial charge on any atom is -0.387 e. The first kappa shape index (κ1) is 12.9. The molecule has 3 rings (SSSR count). The minimum absolute atomic E-state index is 0.197. The molecule has 0 radical (unpaired) electrons. The third-order valence-electron chi connectivity index (χ3n) is 4.14. The molecule has 0 bridgehead atoms. The van der Waals surface area contributed by atoms with E-state index in [-0.39, 0.29) is 5.54 Å². The van der Waals surface area contributed by atoms with Crippen LogP contribution >= 0.6 is 11.6 Å². The highest BCUT2D eigenvalue weighted by atomic mass is 35.5. The number of β-amino-alcohol motifs (C(OH)–C–C–N with tert-alkyl or cyclic N) is 1. The second-order valence-corrected chi connectivity index (χ2v) is 6.01. The van der Waals surface area contributed by atoms with Gasteiger partial charge >= 0.3 is 0 Å². The topological polar surface area (TPSA) is 60.9 Å². The Bertz CT molecular complexity index is 591. The van der Waals surface area contributed by atoms with Crippen molar-refractivity contribution >= 4 is 22.5 Å². The van der Waals surface area contributed by atoms with Crippen LogP contribution in [-0.4, -0.2) is 27.4 Å². The fourth-order valence-corrected chi connectivity index (χ4v) is 2.86. The molecule has 19 heavy (non-hydrogen) atoms. The Labute approximate surface area is 117 Å². The van der Waals surface area contributed by atoms with E-state index in [9.17, 15) is 5.11 Å². The molecule has 5 heteroatoms. The van der Waals surface area contributed by atoms with Crippen molar-refractivity contribution in [1.29, 1.82) is 0 Å². The number of nitrogens with zero attached hydrogens (tertiary/aromatic N) is 1. The maximum atomic E-state index is 10.4. The molecular weight excluding hydrogens is 262 g/mol. The van der Waals surface area contributed by atoms with Crippen molar-refractivity contribution in [2.24, 2.45) is 0 Å².